The molecule has 1 aromatic heterocycles. The molecular weight excluding hydrogens is 442 g/mol. The first kappa shape index (κ1) is 23.0. The van der Waals surface area contributed by atoms with Crippen LogP contribution in [-0.4, -0.2) is 29.1 Å². The van der Waals surface area contributed by atoms with E-state index in [0.717, 1.165) is 35.1 Å². The Hall–Kier alpha value is -2.72. The van der Waals surface area contributed by atoms with Crippen LogP contribution in [0.1, 0.15) is 25.7 Å². The Morgan fingerprint density at radius 1 is 1.06 bits per heavy atom. The van der Waals surface area contributed by atoms with Crippen molar-refractivity contribution in [1.29, 1.82) is 0 Å². The van der Waals surface area contributed by atoms with E-state index in [1.165, 1.54) is 17.8 Å². The minimum Gasteiger partial charge on any atom is -0.399 e. The molecule has 0 aliphatic carbocycles. The van der Waals surface area contributed by atoms with Gasteiger partial charge in [-0.15, -0.1) is 11.8 Å². The van der Waals surface area contributed by atoms with Crippen molar-refractivity contribution in [2.24, 2.45) is 0 Å². The van der Waals surface area contributed by atoms with Gasteiger partial charge in [0.05, 0.1) is 10.5 Å². The molecule has 0 fully saturated rings. The van der Waals surface area contributed by atoms with Crippen molar-refractivity contribution < 1.29 is 18.4 Å². The highest BCUT2D eigenvalue weighted by Crippen LogP contribution is 2.28. The summed E-state index contributed by atoms with van der Waals surface area (Å²) in [5, 5.41) is 5.73. The van der Waals surface area contributed by atoms with Gasteiger partial charge in [0.25, 0.3) is 0 Å². The van der Waals surface area contributed by atoms with Crippen LogP contribution in [-0.2, 0) is 9.59 Å². The van der Waals surface area contributed by atoms with E-state index >= 15 is 0 Å². The van der Waals surface area contributed by atoms with Crippen LogP contribution in [0.3, 0.4) is 0 Å². The van der Waals surface area contributed by atoms with Crippen molar-refractivity contribution in [1.82, 2.24) is 10.3 Å². The molecule has 4 N–H and O–H groups in total. The lowest BCUT2D eigenvalue weighted by atomic mass is 10.2. The zero-order valence-electron chi connectivity index (χ0n) is 16.6. The molecule has 3 aromatic rings. The van der Waals surface area contributed by atoms with Gasteiger partial charge in [-0.3, -0.25) is 9.59 Å². The second kappa shape index (κ2) is 11.1. The molecule has 0 spiro atoms. The van der Waals surface area contributed by atoms with E-state index in [2.05, 4.69) is 15.6 Å². The van der Waals surface area contributed by atoms with Crippen LogP contribution < -0.4 is 16.4 Å². The summed E-state index contributed by atoms with van der Waals surface area (Å²) in [7, 11) is 0. The van der Waals surface area contributed by atoms with Crippen LogP contribution in [0.15, 0.2) is 41.3 Å². The quantitative estimate of drug-likeness (QED) is 0.232. The molecule has 3 rings (SSSR count). The van der Waals surface area contributed by atoms with Crippen LogP contribution in [0.4, 0.5) is 19.6 Å². The number of nitrogens with two attached hydrogens (primary N) is 1. The number of benzene rings is 2. The molecule has 0 unspecified atom stereocenters. The lowest BCUT2D eigenvalue weighted by Crippen LogP contribution is -2.26. The molecule has 0 atom stereocenters. The number of thiazole rings is 1. The molecule has 0 radical (unpaired) electrons. The van der Waals surface area contributed by atoms with E-state index in [1.807, 2.05) is 12.1 Å². The first-order valence-corrected chi connectivity index (χ1v) is 11.5. The van der Waals surface area contributed by atoms with Crippen molar-refractivity contribution in [3.05, 3.63) is 48.0 Å². The summed E-state index contributed by atoms with van der Waals surface area (Å²) in [5.74, 6) is -1.37. The normalized spacial score (nSPS) is 10.9. The first-order valence-electron chi connectivity index (χ1n) is 9.71. The summed E-state index contributed by atoms with van der Waals surface area (Å²) in [4.78, 5) is 28.9. The van der Waals surface area contributed by atoms with Gasteiger partial charge in [0.2, 0.25) is 11.8 Å². The van der Waals surface area contributed by atoms with Crippen LogP contribution in [0, 0.1) is 11.6 Å². The molecule has 0 saturated heterocycles. The molecule has 0 bridgehead atoms. The topological polar surface area (TPSA) is 97.1 Å². The monoisotopic (exact) mass is 464 g/mol. The average Bonchev–Trinajstić information content (AvgIpc) is 3.12. The fraction of sp³-hybridized carbons (Fsp3) is 0.286. The Morgan fingerprint density at radius 2 is 1.84 bits per heavy atom. The third-order valence-corrected chi connectivity index (χ3v) is 6.24. The number of thioether (sulfide) groups is 1. The maximum atomic E-state index is 13.7. The molecule has 164 valence electrons. The van der Waals surface area contributed by atoms with E-state index in [1.54, 1.807) is 12.1 Å². The largest absolute Gasteiger partial charge is 0.399 e. The van der Waals surface area contributed by atoms with Crippen molar-refractivity contribution in [2.75, 3.05) is 23.3 Å². The number of nitrogens with zero attached hydrogens (tertiary/aromatic N) is 1. The number of rotatable bonds is 10. The molecule has 10 heteroatoms. The number of anilines is 2. The van der Waals surface area contributed by atoms with Crippen molar-refractivity contribution in [3.63, 3.8) is 0 Å². The van der Waals surface area contributed by atoms with E-state index in [-0.39, 0.29) is 28.9 Å². The summed E-state index contributed by atoms with van der Waals surface area (Å²) in [5.41, 5.74) is 6.36. The minimum atomic E-state index is -0.749. The number of amides is 2. The van der Waals surface area contributed by atoms with Gasteiger partial charge in [0.15, 0.2) is 10.9 Å². The number of fused-ring (bicyclic) bond motifs is 1. The number of hydrogen-bond donors (Lipinski definition) is 3. The molecule has 2 amide bonds. The number of carbonyl (C=O) groups is 2. The molecule has 1 heterocycles. The van der Waals surface area contributed by atoms with E-state index in [9.17, 15) is 18.4 Å². The fourth-order valence-corrected chi connectivity index (χ4v) is 4.42. The zero-order chi connectivity index (χ0) is 22.2. The van der Waals surface area contributed by atoms with Crippen LogP contribution in [0.5, 0.6) is 0 Å². The predicted molar refractivity (Wildman–Crippen MR) is 121 cm³/mol. The Kier molecular flexibility index (Phi) is 8.19. The highest BCUT2D eigenvalue weighted by Gasteiger charge is 2.12. The average molecular weight is 465 g/mol. The van der Waals surface area contributed by atoms with Gasteiger partial charge in [0.1, 0.15) is 11.3 Å². The number of nitrogens with one attached hydrogen (secondary N) is 2. The Balaban J connectivity index is 1.28. The molecule has 6 nitrogen and oxygen atoms in total. The number of carbonyl (C=O) groups excluding carboxylic acids is 2. The Bertz CT molecular complexity index is 1060. The van der Waals surface area contributed by atoms with Gasteiger partial charge in [-0.25, -0.2) is 13.8 Å². The summed E-state index contributed by atoms with van der Waals surface area (Å²) in [6.07, 6.45) is 2.47. The number of unbranched alkanes of at least 4 members (excludes halogenated alkanes) is 2. The predicted octanol–water partition coefficient (Wildman–Crippen LogP) is 4.56. The molecule has 0 aliphatic heterocycles. The van der Waals surface area contributed by atoms with Crippen LogP contribution in [0.2, 0.25) is 0 Å². The number of hydrogen-bond acceptors (Lipinski definition) is 6. The summed E-state index contributed by atoms with van der Waals surface area (Å²) in [6, 6.07) is 9.30. The van der Waals surface area contributed by atoms with Gasteiger partial charge < -0.3 is 16.4 Å². The van der Waals surface area contributed by atoms with Crippen molar-refractivity contribution in [3.8, 4) is 0 Å². The molecule has 31 heavy (non-hydrogen) atoms. The van der Waals surface area contributed by atoms with Crippen molar-refractivity contribution >= 4 is 55.9 Å². The number of halogens is 2. The van der Waals surface area contributed by atoms with Crippen molar-refractivity contribution in [2.45, 2.75) is 30.6 Å². The molecule has 0 saturated carbocycles. The Labute approximate surface area is 186 Å². The molecule has 2 aromatic carbocycles. The minimum absolute atomic E-state index is 0.0425. The van der Waals surface area contributed by atoms with E-state index < -0.39 is 11.6 Å². The zero-order valence-corrected chi connectivity index (χ0v) is 18.3. The van der Waals surface area contributed by atoms with Gasteiger partial charge >= 0.3 is 0 Å². The lowest BCUT2D eigenvalue weighted by Gasteiger charge is -2.06. The van der Waals surface area contributed by atoms with Gasteiger partial charge in [-0.1, -0.05) is 17.8 Å². The van der Waals surface area contributed by atoms with E-state index in [0.29, 0.717) is 29.1 Å². The Morgan fingerprint density at radius 3 is 2.61 bits per heavy atom. The van der Waals surface area contributed by atoms with E-state index in [4.69, 9.17) is 5.73 Å². The number of nitrogen functional groups attached to an aromatic ring is 1. The highest BCUT2D eigenvalue weighted by atomic mass is 32.2. The third kappa shape index (κ3) is 7.18. The van der Waals surface area contributed by atoms with Crippen LogP contribution in [0.25, 0.3) is 10.2 Å². The molecular formula is C21H22F2N4O2S2. The van der Waals surface area contributed by atoms with Gasteiger partial charge in [-0.2, -0.15) is 0 Å². The highest BCUT2D eigenvalue weighted by molar-refractivity contribution is 8.00. The fourth-order valence-electron chi connectivity index (χ4n) is 2.77. The number of aromatic nitrogens is 1. The second-order valence-electron chi connectivity index (χ2n) is 6.82. The smallest absolute Gasteiger partial charge is 0.230 e. The van der Waals surface area contributed by atoms with Gasteiger partial charge in [-0.05, 0) is 43.2 Å². The lowest BCUT2D eigenvalue weighted by molar-refractivity contribution is -0.118. The standard InChI is InChI=1S/C21H22F2N4O2S2/c22-13-10-16(23)20-17(11-13)31-21(27-20)26-18(28)4-2-1-3-9-25-19(29)12-30-15-7-5-14(24)6-8-15/h5-8,10-11H,1-4,9,12,24H2,(H,25,29)(H,26,27,28). The summed E-state index contributed by atoms with van der Waals surface area (Å²) < 4.78 is 27.3. The first-order chi connectivity index (χ1) is 14.9. The summed E-state index contributed by atoms with van der Waals surface area (Å²) in [6.45, 7) is 0.547. The van der Waals surface area contributed by atoms with Gasteiger partial charge in [0, 0.05) is 29.6 Å². The van der Waals surface area contributed by atoms with Crippen LogP contribution >= 0.6 is 23.1 Å². The second-order valence-corrected chi connectivity index (χ2v) is 8.90. The maximum absolute atomic E-state index is 13.7. The maximum Gasteiger partial charge on any atom is 0.230 e. The third-order valence-electron chi connectivity index (χ3n) is 4.31. The molecule has 0 aliphatic rings. The summed E-state index contributed by atoms with van der Waals surface area (Å²) >= 11 is 2.47. The SMILES string of the molecule is Nc1ccc(SCC(=O)NCCCCCC(=O)Nc2nc3c(F)cc(F)cc3s2)cc1.